The lowest BCUT2D eigenvalue weighted by Crippen LogP contribution is -2.50. The Hall–Kier alpha value is -2.06. The zero-order valence-corrected chi connectivity index (χ0v) is 12.4. The van der Waals surface area contributed by atoms with Gasteiger partial charge < -0.3 is 15.1 Å². The molecule has 1 aliphatic rings. The molecule has 0 radical (unpaired) electrons. The van der Waals surface area contributed by atoms with Crippen LogP contribution in [-0.4, -0.2) is 54.4 Å². The number of anilines is 1. The molecule has 6 nitrogen and oxygen atoms in total. The molecule has 0 bridgehead atoms. The quantitative estimate of drug-likeness (QED) is 0.902. The van der Waals surface area contributed by atoms with Crippen LogP contribution in [0.5, 0.6) is 0 Å². The van der Waals surface area contributed by atoms with E-state index in [1.54, 1.807) is 14.1 Å². The molecule has 1 atom stereocenters. The van der Waals surface area contributed by atoms with Crippen LogP contribution in [0.4, 0.5) is 23.8 Å². The van der Waals surface area contributed by atoms with Gasteiger partial charge in [-0.05, 0) is 25.0 Å². The van der Waals surface area contributed by atoms with Gasteiger partial charge in [0.15, 0.2) is 11.5 Å². The van der Waals surface area contributed by atoms with E-state index in [0.29, 0.717) is 18.9 Å². The van der Waals surface area contributed by atoms with Crippen molar-refractivity contribution >= 4 is 11.8 Å². The maximum atomic E-state index is 12.5. The number of piperidine rings is 1. The molecule has 9 heteroatoms. The number of halogens is 3. The van der Waals surface area contributed by atoms with Gasteiger partial charge in [-0.15, -0.1) is 10.2 Å². The van der Waals surface area contributed by atoms with Gasteiger partial charge in [0, 0.05) is 33.2 Å². The van der Waals surface area contributed by atoms with Crippen LogP contribution >= 0.6 is 0 Å². The van der Waals surface area contributed by atoms with Gasteiger partial charge in [-0.3, -0.25) is 0 Å². The Bertz CT molecular complexity index is 517. The number of hydrogen-bond acceptors (Lipinski definition) is 4. The van der Waals surface area contributed by atoms with Gasteiger partial charge in [0.1, 0.15) is 0 Å². The fourth-order valence-corrected chi connectivity index (χ4v) is 2.25. The van der Waals surface area contributed by atoms with Crippen LogP contribution in [0, 0.1) is 0 Å². The third kappa shape index (κ3) is 3.99. The normalized spacial score (nSPS) is 19.0. The molecule has 1 aromatic rings. The average molecular weight is 317 g/mol. The minimum atomic E-state index is -4.49. The van der Waals surface area contributed by atoms with Gasteiger partial charge in [-0.25, -0.2) is 4.79 Å². The van der Waals surface area contributed by atoms with Crippen molar-refractivity contribution in [3.8, 4) is 0 Å². The lowest BCUT2D eigenvalue weighted by molar-refractivity contribution is -0.141. The first-order chi connectivity index (χ1) is 10.3. The minimum absolute atomic E-state index is 0.0623. The summed E-state index contributed by atoms with van der Waals surface area (Å²) in [6.07, 6.45) is -2.85. The first-order valence-electron chi connectivity index (χ1n) is 6.91. The van der Waals surface area contributed by atoms with Gasteiger partial charge in [0.05, 0.1) is 0 Å². The topological polar surface area (TPSA) is 61.4 Å². The Kier molecular flexibility index (Phi) is 4.72. The van der Waals surface area contributed by atoms with E-state index >= 15 is 0 Å². The number of hydrogen-bond donors (Lipinski definition) is 1. The van der Waals surface area contributed by atoms with Crippen molar-refractivity contribution in [3.05, 3.63) is 17.8 Å². The summed E-state index contributed by atoms with van der Waals surface area (Å²) >= 11 is 0. The number of rotatable bonds is 2. The summed E-state index contributed by atoms with van der Waals surface area (Å²) in [6.45, 7) is 1.17. The Morgan fingerprint density at radius 3 is 2.64 bits per heavy atom. The third-order valence-electron chi connectivity index (χ3n) is 3.42. The predicted octanol–water partition coefficient (Wildman–Crippen LogP) is 1.74. The van der Waals surface area contributed by atoms with Crippen LogP contribution in [0.1, 0.15) is 18.5 Å². The molecule has 2 amide bonds. The van der Waals surface area contributed by atoms with Gasteiger partial charge in [0.2, 0.25) is 0 Å². The molecule has 0 spiro atoms. The lowest BCUT2D eigenvalue weighted by Gasteiger charge is -2.34. The second kappa shape index (κ2) is 6.37. The standard InChI is InChI=1S/C13H18F3N5O/c1-20(2)12(22)17-9-4-3-7-21(8-9)11-6-5-10(18-19-11)13(14,15)16/h5-6,9H,3-4,7-8H2,1-2H3,(H,17,22). The van der Waals surface area contributed by atoms with Crippen LogP contribution in [0.2, 0.25) is 0 Å². The molecule has 1 fully saturated rings. The number of alkyl halides is 3. The highest BCUT2D eigenvalue weighted by molar-refractivity contribution is 5.73. The van der Waals surface area contributed by atoms with Crippen molar-refractivity contribution in [3.63, 3.8) is 0 Å². The van der Waals surface area contributed by atoms with Crippen molar-refractivity contribution in [1.82, 2.24) is 20.4 Å². The maximum absolute atomic E-state index is 12.5. The molecule has 2 heterocycles. The van der Waals surface area contributed by atoms with Gasteiger partial charge in [-0.1, -0.05) is 0 Å². The first kappa shape index (κ1) is 16.3. The summed E-state index contributed by atoms with van der Waals surface area (Å²) in [6, 6.07) is 1.98. The zero-order valence-electron chi connectivity index (χ0n) is 12.4. The van der Waals surface area contributed by atoms with Crippen LogP contribution in [0.3, 0.4) is 0 Å². The summed E-state index contributed by atoms with van der Waals surface area (Å²) in [4.78, 5) is 14.9. The van der Waals surface area contributed by atoms with E-state index in [9.17, 15) is 18.0 Å². The molecule has 1 saturated heterocycles. The van der Waals surface area contributed by atoms with E-state index in [1.165, 1.54) is 11.0 Å². The maximum Gasteiger partial charge on any atom is 0.435 e. The van der Waals surface area contributed by atoms with Crippen molar-refractivity contribution in [2.75, 3.05) is 32.1 Å². The molecule has 2 rings (SSSR count). The number of aromatic nitrogens is 2. The molecule has 0 aromatic carbocycles. The Morgan fingerprint density at radius 2 is 2.09 bits per heavy atom. The second-order valence-corrected chi connectivity index (χ2v) is 5.40. The number of carbonyl (C=O) groups excluding carboxylic acids is 1. The number of carbonyl (C=O) groups is 1. The van der Waals surface area contributed by atoms with Gasteiger partial charge in [-0.2, -0.15) is 13.2 Å². The predicted molar refractivity (Wildman–Crippen MR) is 74.5 cm³/mol. The molecule has 0 aliphatic carbocycles. The molecule has 0 saturated carbocycles. The molecule has 122 valence electrons. The Morgan fingerprint density at radius 1 is 1.36 bits per heavy atom. The van der Waals surface area contributed by atoms with E-state index in [2.05, 4.69) is 15.5 Å². The fraction of sp³-hybridized carbons (Fsp3) is 0.615. The third-order valence-corrected chi connectivity index (χ3v) is 3.42. The number of urea groups is 1. The van der Waals surface area contributed by atoms with Crippen molar-refractivity contribution in [1.29, 1.82) is 0 Å². The van der Waals surface area contributed by atoms with E-state index < -0.39 is 11.9 Å². The van der Waals surface area contributed by atoms with Crippen molar-refractivity contribution in [2.24, 2.45) is 0 Å². The van der Waals surface area contributed by atoms with E-state index in [-0.39, 0.29) is 12.1 Å². The molecule has 1 N–H and O–H groups in total. The molecule has 22 heavy (non-hydrogen) atoms. The number of nitrogens with one attached hydrogen (secondary N) is 1. The summed E-state index contributed by atoms with van der Waals surface area (Å²) in [7, 11) is 3.30. The highest BCUT2D eigenvalue weighted by Crippen LogP contribution is 2.28. The molecule has 1 aromatic heterocycles. The molecular formula is C13H18F3N5O. The minimum Gasteiger partial charge on any atom is -0.353 e. The highest BCUT2D eigenvalue weighted by atomic mass is 19.4. The summed E-state index contributed by atoms with van der Waals surface area (Å²) in [5.41, 5.74) is -1.01. The molecule has 1 aliphatic heterocycles. The zero-order chi connectivity index (χ0) is 16.3. The molecular weight excluding hydrogens is 299 g/mol. The highest BCUT2D eigenvalue weighted by Gasteiger charge is 2.33. The fourth-order valence-electron chi connectivity index (χ4n) is 2.25. The molecule has 1 unspecified atom stereocenters. The SMILES string of the molecule is CN(C)C(=O)NC1CCCN(c2ccc(C(F)(F)F)nn2)C1. The Labute approximate surface area is 126 Å². The van der Waals surface area contributed by atoms with Crippen LogP contribution in [0.25, 0.3) is 0 Å². The van der Waals surface area contributed by atoms with Gasteiger partial charge in [0.25, 0.3) is 0 Å². The number of amides is 2. The van der Waals surface area contributed by atoms with E-state index in [1.807, 2.05) is 4.90 Å². The Balaban J connectivity index is 2.01. The second-order valence-electron chi connectivity index (χ2n) is 5.40. The largest absolute Gasteiger partial charge is 0.435 e. The van der Waals surface area contributed by atoms with Crippen molar-refractivity contribution in [2.45, 2.75) is 25.1 Å². The number of nitrogens with zero attached hydrogens (tertiary/aromatic N) is 4. The van der Waals surface area contributed by atoms with Crippen LogP contribution < -0.4 is 10.2 Å². The monoisotopic (exact) mass is 317 g/mol. The summed E-state index contributed by atoms with van der Waals surface area (Å²) in [5, 5.41) is 9.75. The van der Waals surface area contributed by atoms with Crippen LogP contribution in [0.15, 0.2) is 12.1 Å². The first-order valence-corrected chi connectivity index (χ1v) is 6.91. The van der Waals surface area contributed by atoms with Gasteiger partial charge >= 0.3 is 12.2 Å². The van der Waals surface area contributed by atoms with E-state index in [4.69, 9.17) is 0 Å². The lowest BCUT2D eigenvalue weighted by atomic mass is 10.1. The smallest absolute Gasteiger partial charge is 0.353 e. The van der Waals surface area contributed by atoms with Crippen LogP contribution in [-0.2, 0) is 6.18 Å². The summed E-state index contributed by atoms with van der Waals surface area (Å²) in [5.74, 6) is 0.386. The van der Waals surface area contributed by atoms with Crippen molar-refractivity contribution < 1.29 is 18.0 Å². The summed E-state index contributed by atoms with van der Waals surface area (Å²) < 4.78 is 37.4. The average Bonchev–Trinajstić information content (AvgIpc) is 2.46. The van der Waals surface area contributed by atoms with E-state index in [0.717, 1.165) is 18.9 Å².